The van der Waals surface area contributed by atoms with E-state index < -0.39 is 5.97 Å². The largest absolute Gasteiger partial charge is 0.481 e. The summed E-state index contributed by atoms with van der Waals surface area (Å²) in [5, 5.41) is 19.1. The molecule has 0 spiro atoms. The summed E-state index contributed by atoms with van der Waals surface area (Å²) >= 11 is 6.00. The Morgan fingerprint density at radius 2 is 1.83 bits per heavy atom. The fourth-order valence-corrected chi connectivity index (χ4v) is 3.77. The molecule has 0 saturated carbocycles. The number of fused-ring (bicyclic) bond motifs is 1. The van der Waals surface area contributed by atoms with E-state index in [4.69, 9.17) is 21.8 Å². The van der Waals surface area contributed by atoms with Crippen molar-refractivity contribution in [2.75, 3.05) is 13.6 Å². The molecular formula is C23H26ClN3O3. The molecule has 6 nitrogen and oxygen atoms in total. The van der Waals surface area contributed by atoms with Crippen molar-refractivity contribution in [1.82, 2.24) is 15.1 Å². The number of nitrogens with zero attached hydrogens (tertiary/aromatic N) is 2. The molecule has 0 aliphatic carbocycles. The first-order valence-electron chi connectivity index (χ1n) is 10.1. The van der Waals surface area contributed by atoms with Crippen LogP contribution in [0.25, 0.3) is 10.8 Å². The van der Waals surface area contributed by atoms with E-state index >= 15 is 0 Å². The van der Waals surface area contributed by atoms with Gasteiger partial charge in [-0.3, -0.25) is 9.59 Å². The zero-order valence-corrected chi connectivity index (χ0v) is 17.7. The fraction of sp³-hybridized carbons (Fsp3) is 0.348. The van der Waals surface area contributed by atoms with Crippen LogP contribution in [0.1, 0.15) is 43.0 Å². The summed E-state index contributed by atoms with van der Waals surface area (Å²) in [6, 6.07) is 14.8. The third kappa shape index (κ3) is 5.46. The van der Waals surface area contributed by atoms with E-state index in [0.717, 1.165) is 29.6 Å². The van der Waals surface area contributed by atoms with Crippen molar-refractivity contribution in [2.45, 2.75) is 38.1 Å². The summed E-state index contributed by atoms with van der Waals surface area (Å²) in [6.07, 6.45) is 2.43. The molecule has 0 saturated heterocycles. The monoisotopic (exact) mass is 427 g/mol. The van der Waals surface area contributed by atoms with Crippen LogP contribution in [-0.2, 0) is 11.2 Å². The number of aliphatic carboxylic acids is 1. The van der Waals surface area contributed by atoms with Gasteiger partial charge in [-0.25, -0.2) is 4.68 Å². The zero-order chi connectivity index (χ0) is 21.5. The highest BCUT2D eigenvalue weighted by atomic mass is 35.5. The fourth-order valence-electron chi connectivity index (χ4n) is 3.64. The van der Waals surface area contributed by atoms with E-state index in [1.54, 1.807) is 0 Å². The molecule has 0 radical (unpaired) electrons. The minimum absolute atomic E-state index is 0.00230. The lowest BCUT2D eigenvalue weighted by atomic mass is 10.0. The van der Waals surface area contributed by atoms with E-state index in [9.17, 15) is 9.59 Å². The summed E-state index contributed by atoms with van der Waals surface area (Å²) in [5.41, 5.74) is 1.66. The van der Waals surface area contributed by atoms with E-state index in [1.165, 1.54) is 4.68 Å². The Labute approximate surface area is 180 Å². The maximum absolute atomic E-state index is 13.2. The molecule has 0 aliphatic rings. The molecule has 30 heavy (non-hydrogen) atoms. The van der Waals surface area contributed by atoms with Crippen LogP contribution < -0.4 is 10.9 Å². The maximum atomic E-state index is 13.2. The highest BCUT2D eigenvalue weighted by Crippen LogP contribution is 2.22. The van der Waals surface area contributed by atoms with E-state index in [1.807, 2.05) is 55.6 Å². The Morgan fingerprint density at radius 1 is 1.13 bits per heavy atom. The number of carboxylic acids is 1. The highest BCUT2D eigenvalue weighted by molar-refractivity contribution is 6.30. The van der Waals surface area contributed by atoms with Gasteiger partial charge >= 0.3 is 5.97 Å². The van der Waals surface area contributed by atoms with Crippen LogP contribution in [0.3, 0.4) is 0 Å². The lowest BCUT2D eigenvalue weighted by molar-refractivity contribution is -0.137. The first-order chi connectivity index (χ1) is 14.5. The minimum atomic E-state index is -0.871. The van der Waals surface area contributed by atoms with Gasteiger partial charge in [-0.2, -0.15) is 5.10 Å². The third-order valence-corrected chi connectivity index (χ3v) is 5.44. The Morgan fingerprint density at radius 3 is 2.50 bits per heavy atom. The topological polar surface area (TPSA) is 84.2 Å². The van der Waals surface area contributed by atoms with Gasteiger partial charge in [0.1, 0.15) is 0 Å². The van der Waals surface area contributed by atoms with Crippen molar-refractivity contribution in [3.05, 3.63) is 75.2 Å². The number of halogens is 1. The van der Waals surface area contributed by atoms with Gasteiger partial charge in [0.2, 0.25) is 0 Å². The second-order valence-corrected chi connectivity index (χ2v) is 7.81. The SMILES string of the molecule is CNCCCC(CCC(=O)O)n1nc(Cc2ccc(Cl)cc2)c2ccccc2c1=O. The van der Waals surface area contributed by atoms with Crippen molar-refractivity contribution in [3.63, 3.8) is 0 Å². The number of carboxylic acid groups (broad SMARTS) is 1. The number of benzene rings is 2. The van der Waals surface area contributed by atoms with Gasteiger partial charge < -0.3 is 10.4 Å². The number of nitrogens with one attached hydrogen (secondary N) is 1. The molecule has 2 N–H and O–H groups in total. The maximum Gasteiger partial charge on any atom is 0.303 e. The second-order valence-electron chi connectivity index (χ2n) is 7.38. The summed E-state index contributed by atoms with van der Waals surface area (Å²) in [6.45, 7) is 0.795. The van der Waals surface area contributed by atoms with Gasteiger partial charge in [-0.15, -0.1) is 0 Å². The Balaban J connectivity index is 2.05. The lowest BCUT2D eigenvalue weighted by Gasteiger charge is -2.20. The van der Waals surface area contributed by atoms with Gasteiger partial charge in [-0.05, 0) is 56.6 Å². The number of hydrogen-bond donors (Lipinski definition) is 2. The standard InChI is InChI=1S/C23H26ClN3O3/c1-25-14-4-5-18(12-13-22(28)29)27-23(30)20-7-3-2-6-19(20)21(26-27)15-16-8-10-17(24)11-9-16/h2-3,6-11,18,25H,4-5,12-15H2,1H3,(H,28,29). The molecule has 2 aromatic carbocycles. The van der Waals surface area contributed by atoms with Crippen molar-refractivity contribution in [2.24, 2.45) is 0 Å². The predicted molar refractivity (Wildman–Crippen MR) is 119 cm³/mol. The summed E-state index contributed by atoms with van der Waals surface area (Å²) < 4.78 is 1.51. The molecule has 1 atom stereocenters. The van der Waals surface area contributed by atoms with Crippen molar-refractivity contribution < 1.29 is 9.90 Å². The molecule has 3 rings (SSSR count). The average Bonchev–Trinajstić information content (AvgIpc) is 2.74. The zero-order valence-electron chi connectivity index (χ0n) is 17.0. The minimum Gasteiger partial charge on any atom is -0.481 e. The summed E-state index contributed by atoms with van der Waals surface area (Å²) in [7, 11) is 1.87. The van der Waals surface area contributed by atoms with Crippen LogP contribution in [0, 0.1) is 0 Å². The third-order valence-electron chi connectivity index (χ3n) is 5.19. The quantitative estimate of drug-likeness (QED) is 0.477. The molecule has 158 valence electrons. The summed E-state index contributed by atoms with van der Waals surface area (Å²) in [5.74, 6) is -0.871. The highest BCUT2D eigenvalue weighted by Gasteiger charge is 2.19. The number of aromatic nitrogens is 2. The van der Waals surface area contributed by atoms with Crippen LogP contribution in [-0.4, -0.2) is 34.4 Å². The van der Waals surface area contributed by atoms with Crippen molar-refractivity contribution in [1.29, 1.82) is 0 Å². The summed E-state index contributed by atoms with van der Waals surface area (Å²) in [4.78, 5) is 24.4. The first-order valence-corrected chi connectivity index (χ1v) is 10.5. The van der Waals surface area contributed by atoms with Gasteiger partial charge in [0.05, 0.1) is 17.1 Å². The molecule has 0 fully saturated rings. The molecule has 7 heteroatoms. The van der Waals surface area contributed by atoms with Crippen LogP contribution in [0.2, 0.25) is 5.02 Å². The second kappa shape index (κ2) is 10.4. The normalized spacial score (nSPS) is 12.2. The van der Waals surface area contributed by atoms with Gasteiger partial charge in [0.25, 0.3) is 5.56 Å². The van der Waals surface area contributed by atoms with E-state index in [-0.39, 0.29) is 18.0 Å². The Bertz CT molecular complexity index is 1060. The lowest BCUT2D eigenvalue weighted by Crippen LogP contribution is -2.30. The first kappa shape index (κ1) is 22.0. The molecule has 1 heterocycles. The van der Waals surface area contributed by atoms with Crippen LogP contribution in [0.4, 0.5) is 0 Å². The molecule has 0 bridgehead atoms. The number of rotatable bonds is 10. The van der Waals surface area contributed by atoms with Crippen molar-refractivity contribution >= 4 is 28.3 Å². The van der Waals surface area contributed by atoms with E-state index in [2.05, 4.69) is 5.32 Å². The van der Waals surface area contributed by atoms with Gasteiger partial charge in [0.15, 0.2) is 0 Å². The van der Waals surface area contributed by atoms with Crippen LogP contribution in [0.5, 0.6) is 0 Å². The average molecular weight is 428 g/mol. The molecule has 1 unspecified atom stereocenters. The molecule has 3 aromatic rings. The smallest absolute Gasteiger partial charge is 0.303 e. The number of hydrogen-bond acceptors (Lipinski definition) is 4. The van der Waals surface area contributed by atoms with Crippen molar-refractivity contribution in [3.8, 4) is 0 Å². The van der Waals surface area contributed by atoms with Crippen LogP contribution >= 0.6 is 11.6 Å². The molecular weight excluding hydrogens is 402 g/mol. The predicted octanol–water partition coefficient (Wildman–Crippen LogP) is 4.05. The Kier molecular flexibility index (Phi) is 7.60. The van der Waals surface area contributed by atoms with E-state index in [0.29, 0.717) is 29.7 Å². The molecule has 0 aliphatic heterocycles. The molecule has 1 aromatic heterocycles. The number of carbonyl (C=O) groups is 1. The van der Waals surface area contributed by atoms with Gasteiger partial charge in [-0.1, -0.05) is 41.9 Å². The molecule has 0 amide bonds. The van der Waals surface area contributed by atoms with Gasteiger partial charge in [0, 0.05) is 23.3 Å². The van der Waals surface area contributed by atoms with Crippen LogP contribution in [0.15, 0.2) is 53.3 Å². The Hall–Kier alpha value is -2.70.